The van der Waals surface area contributed by atoms with E-state index in [1.165, 1.54) is 22.8 Å². The third-order valence-electron chi connectivity index (χ3n) is 4.10. The van der Waals surface area contributed by atoms with Crippen LogP contribution in [0.5, 0.6) is 0 Å². The van der Waals surface area contributed by atoms with Crippen molar-refractivity contribution in [3.63, 3.8) is 0 Å². The Bertz CT molecular complexity index is 456. The first-order valence-corrected chi connectivity index (χ1v) is 10.1. The molecule has 0 heterocycles. The van der Waals surface area contributed by atoms with E-state index in [9.17, 15) is 0 Å². The van der Waals surface area contributed by atoms with Crippen molar-refractivity contribution in [3.8, 4) is 0 Å². The molecular formula is C18H24OSi. The first kappa shape index (κ1) is 15.0. The summed E-state index contributed by atoms with van der Waals surface area (Å²) in [4.78, 5) is 0. The van der Waals surface area contributed by atoms with Crippen molar-refractivity contribution in [1.29, 1.82) is 0 Å². The van der Waals surface area contributed by atoms with Gasteiger partial charge < -0.3 is 4.74 Å². The second-order valence-corrected chi connectivity index (χ2v) is 9.83. The smallest absolute Gasteiger partial charge is 0.115 e. The summed E-state index contributed by atoms with van der Waals surface area (Å²) in [6.45, 7) is 3.36. The van der Waals surface area contributed by atoms with Gasteiger partial charge in [0.25, 0.3) is 0 Å². The molecule has 1 nitrogen and oxygen atoms in total. The Morgan fingerprint density at radius 3 is 1.75 bits per heavy atom. The second kappa shape index (κ2) is 7.41. The molecule has 2 aromatic rings. The maximum Gasteiger partial charge on any atom is 0.115 e. The number of hydrogen-bond acceptors (Lipinski definition) is 1. The molecule has 0 aliphatic rings. The van der Waals surface area contributed by atoms with E-state index in [-0.39, 0.29) is 0 Å². The molecule has 0 aliphatic carbocycles. The summed E-state index contributed by atoms with van der Waals surface area (Å²) < 4.78 is 5.18. The molecule has 0 radical (unpaired) electrons. The normalized spacial score (nSPS) is 11.5. The zero-order valence-corrected chi connectivity index (χ0v) is 13.5. The largest absolute Gasteiger partial charge is 0.385 e. The minimum atomic E-state index is -1.61. The van der Waals surface area contributed by atoms with E-state index < -0.39 is 8.07 Å². The molecule has 2 heteroatoms. The Morgan fingerprint density at radius 1 is 0.800 bits per heavy atom. The number of methoxy groups -OCH3 is 1. The average Bonchev–Trinajstić information content (AvgIpc) is 2.53. The molecule has 0 aromatic heterocycles. The Kier molecular flexibility index (Phi) is 5.56. The van der Waals surface area contributed by atoms with Crippen LogP contribution in [-0.4, -0.2) is 21.8 Å². The van der Waals surface area contributed by atoms with Crippen LogP contribution in [0.1, 0.15) is 12.8 Å². The van der Waals surface area contributed by atoms with Gasteiger partial charge >= 0.3 is 0 Å². The number of ether oxygens (including phenoxy) is 1. The molecular weight excluding hydrogens is 260 g/mol. The van der Waals surface area contributed by atoms with Crippen LogP contribution in [0.15, 0.2) is 60.7 Å². The van der Waals surface area contributed by atoms with Crippen LogP contribution in [0.4, 0.5) is 0 Å². The summed E-state index contributed by atoms with van der Waals surface area (Å²) in [7, 11) is 0.176. The zero-order valence-electron chi connectivity index (χ0n) is 12.5. The van der Waals surface area contributed by atoms with E-state index >= 15 is 0 Å². The van der Waals surface area contributed by atoms with Crippen LogP contribution >= 0.6 is 0 Å². The van der Waals surface area contributed by atoms with Gasteiger partial charge in [-0.2, -0.15) is 0 Å². The molecule has 0 unspecified atom stereocenters. The van der Waals surface area contributed by atoms with Gasteiger partial charge in [-0.3, -0.25) is 0 Å². The third kappa shape index (κ3) is 3.59. The Hall–Kier alpha value is -1.38. The lowest BCUT2D eigenvalue weighted by Gasteiger charge is -2.29. The van der Waals surface area contributed by atoms with Crippen molar-refractivity contribution in [3.05, 3.63) is 60.7 Å². The van der Waals surface area contributed by atoms with E-state index in [4.69, 9.17) is 4.74 Å². The quantitative estimate of drug-likeness (QED) is 0.560. The van der Waals surface area contributed by atoms with Crippen molar-refractivity contribution >= 4 is 18.4 Å². The van der Waals surface area contributed by atoms with Gasteiger partial charge in [0.1, 0.15) is 8.07 Å². The van der Waals surface area contributed by atoms with E-state index in [1.807, 2.05) is 0 Å². The zero-order chi connectivity index (χ0) is 14.3. The van der Waals surface area contributed by atoms with Crippen LogP contribution in [0.2, 0.25) is 12.6 Å². The maximum absolute atomic E-state index is 5.18. The molecule has 0 saturated carbocycles. The third-order valence-corrected chi connectivity index (χ3v) is 8.67. The fraction of sp³-hybridized carbons (Fsp3) is 0.333. The molecule has 0 fully saturated rings. The molecule has 2 rings (SSSR count). The molecule has 106 valence electrons. The van der Waals surface area contributed by atoms with Gasteiger partial charge in [-0.05, 0) is 12.5 Å². The van der Waals surface area contributed by atoms with Gasteiger partial charge in [0.05, 0.1) is 0 Å². The van der Waals surface area contributed by atoms with Crippen molar-refractivity contribution in [2.45, 2.75) is 25.4 Å². The number of hydrogen-bond donors (Lipinski definition) is 0. The first-order chi connectivity index (χ1) is 9.77. The SMILES string of the molecule is COCCCC[Si](C)(c1ccccc1)c1ccccc1. The summed E-state index contributed by atoms with van der Waals surface area (Å²) in [5.74, 6) is 0. The van der Waals surface area contributed by atoms with Gasteiger partial charge in [-0.15, -0.1) is 0 Å². The topological polar surface area (TPSA) is 9.23 Å². The molecule has 0 saturated heterocycles. The predicted molar refractivity (Wildman–Crippen MR) is 89.7 cm³/mol. The molecule has 0 bridgehead atoms. The summed E-state index contributed by atoms with van der Waals surface area (Å²) in [5.41, 5.74) is 0. The standard InChI is InChI=1S/C18H24OSi/c1-19-15-9-10-16-20(2,17-11-5-3-6-12-17)18-13-7-4-8-14-18/h3-8,11-14H,9-10,15-16H2,1-2H3. The van der Waals surface area contributed by atoms with Crippen LogP contribution in [0.25, 0.3) is 0 Å². The monoisotopic (exact) mass is 284 g/mol. The van der Waals surface area contributed by atoms with Crippen LogP contribution < -0.4 is 10.4 Å². The first-order valence-electron chi connectivity index (χ1n) is 7.37. The highest BCUT2D eigenvalue weighted by Gasteiger charge is 2.30. The molecule has 2 aromatic carbocycles. The number of unbranched alkanes of at least 4 members (excludes halogenated alkanes) is 1. The summed E-state index contributed by atoms with van der Waals surface area (Å²) in [6, 6.07) is 23.4. The fourth-order valence-electron chi connectivity index (χ4n) is 2.79. The molecule has 0 N–H and O–H groups in total. The van der Waals surface area contributed by atoms with E-state index in [0.29, 0.717) is 0 Å². The average molecular weight is 284 g/mol. The lowest BCUT2D eigenvalue weighted by Crippen LogP contribution is -2.55. The van der Waals surface area contributed by atoms with E-state index in [0.717, 1.165) is 13.0 Å². The lowest BCUT2D eigenvalue weighted by atomic mass is 10.3. The van der Waals surface area contributed by atoms with Gasteiger partial charge in [0, 0.05) is 13.7 Å². The van der Waals surface area contributed by atoms with E-state index in [2.05, 4.69) is 67.2 Å². The van der Waals surface area contributed by atoms with E-state index in [1.54, 1.807) is 7.11 Å². The predicted octanol–water partition coefficient (Wildman–Crippen LogP) is 3.31. The maximum atomic E-state index is 5.18. The van der Waals surface area contributed by atoms with Crippen molar-refractivity contribution in [2.75, 3.05) is 13.7 Å². The molecule has 0 aliphatic heterocycles. The highest BCUT2D eigenvalue weighted by molar-refractivity contribution is 7.01. The Morgan fingerprint density at radius 2 is 1.30 bits per heavy atom. The van der Waals surface area contributed by atoms with Crippen molar-refractivity contribution < 1.29 is 4.74 Å². The fourth-order valence-corrected chi connectivity index (χ4v) is 6.52. The number of rotatable bonds is 7. The van der Waals surface area contributed by atoms with Crippen LogP contribution in [0, 0.1) is 0 Å². The Balaban J connectivity index is 2.24. The minimum Gasteiger partial charge on any atom is -0.385 e. The summed E-state index contributed by atoms with van der Waals surface area (Å²) >= 11 is 0. The van der Waals surface area contributed by atoms with Crippen molar-refractivity contribution in [1.82, 2.24) is 0 Å². The lowest BCUT2D eigenvalue weighted by molar-refractivity contribution is 0.194. The molecule has 0 amide bonds. The number of benzene rings is 2. The summed E-state index contributed by atoms with van der Waals surface area (Å²) in [6.07, 6.45) is 2.39. The highest BCUT2D eigenvalue weighted by Crippen LogP contribution is 2.15. The highest BCUT2D eigenvalue weighted by atomic mass is 28.3. The van der Waals surface area contributed by atoms with Gasteiger partial charge in [0.15, 0.2) is 0 Å². The van der Waals surface area contributed by atoms with Gasteiger partial charge in [-0.1, -0.05) is 84.0 Å². The van der Waals surface area contributed by atoms with Gasteiger partial charge in [-0.25, -0.2) is 0 Å². The minimum absolute atomic E-state index is 0.869. The second-order valence-electron chi connectivity index (χ2n) is 5.51. The van der Waals surface area contributed by atoms with Gasteiger partial charge in [0.2, 0.25) is 0 Å². The molecule has 0 spiro atoms. The van der Waals surface area contributed by atoms with Crippen molar-refractivity contribution in [2.24, 2.45) is 0 Å². The molecule has 20 heavy (non-hydrogen) atoms. The van der Waals surface area contributed by atoms with Crippen LogP contribution in [0.3, 0.4) is 0 Å². The molecule has 0 atom stereocenters. The summed E-state index contributed by atoms with van der Waals surface area (Å²) in [5, 5.41) is 3.06. The Labute approximate surface area is 123 Å². The van der Waals surface area contributed by atoms with Crippen LogP contribution in [-0.2, 0) is 4.74 Å².